The Morgan fingerprint density at radius 2 is 2.08 bits per heavy atom. The van der Waals surface area contributed by atoms with Crippen molar-refractivity contribution in [3.63, 3.8) is 0 Å². The fraction of sp³-hybridized carbons (Fsp3) is 0.889. The van der Waals surface area contributed by atoms with Gasteiger partial charge in [-0.1, -0.05) is 0 Å². The van der Waals surface area contributed by atoms with Gasteiger partial charge in [0.2, 0.25) is 0 Å². The summed E-state index contributed by atoms with van der Waals surface area (Å²) in [6.45, 7) is 1.08. The van der Waals surface area contributed by atoms with Gasteiger partial charge in [-0.15, -0.1) is 0 Å². The van der Waals surface area contributed by atoms with E-state index in [9.17, 15) is 0 Å². The van der Waals surface area contributed by atoms with Crippen LogP contribution in [0.25, 0.3) is 0 Å². The summed E-state index contributed by atoms with van der Waals surface area (Å²) in [4.78, 5) is 9.00. The van der Waals surface area contributed by atoms with Gasteiger partial charge in [0, 0.05) is 6.92 Å². The van der Waals surface area contributed by atoms with Gasteiger partial charge in [-0.3, -0.25) is 4.79 Å². The second-order valence-electron chi connectivity index (χ2n) is 3.00. The predicted octanol–water partition coefficient (Wildman–Crippen LogP) is 2.62. The van der Waals surface area contributed by atoms with Gasteiger partial charge in [0.25, 0.3) is 5.97 Å². The van der Waals surface area contributed by atoms with E-state index in [1.165, 1.54) is 3.93 Å². The zero-order valence-electron chi connectivity index (χ0n) is 9.68. The number of aliphatic carboxylic acids is 1. The number of hydrogen-bond donors (Lipinski definition) is 1. The molecule has 0 aromatic rings. The molecule has 0 saturated heterocycles. The van der Waals surface area contributed by atoms with Crippen LogP contribution in [0.4, 0.5) is 0 Å². The summed E-state index contributed by atoms with van der Waals surface area (Å²) in [5, 5.41) is 7.42. The first-order chi connectivity index (χ1) is 6.37. The van der Waals surface area contributed by atoms with Crippen LogP contribution < -0.4 is 0 Å². The molecule has 0 unspecified atom stereocenters. The van der Waals surface area contributed by atoms with Crippen LogP contribution in [0.3, 0.4) is 0 Å². The standard InChI is InChI=1S/C7H13.C2H4O2.Hg/c1-7-5-3-2-4-6-7;1-2(3)4;/h7H,1-6H2;1H3,(H,3,4);/i2D2;;. The van der Waals surface area contributed by atoms with Crippen LogP contribution >= 0.6 is 0 Å². The van der Waals surface area contributed by atoms with E-state index in [-0.39, 0.29) is 0 Å². The van der Waals surface area contributed by atoms with E-state index >= 15 is 0 Å². The molecule has 0 heterocycles. The first-order valence-corrected chi connectivity index (χ1v) is 8.25. The van der Waals surface area contributed by atoms with Gasteiger partial charge in [-0.2, -0.15) is 0 Å². The Morgan fingerprint density at radius 3 is 2.42 bits per heavy atom. The van der Waals surface area contributed by atoms with Crippen LogP contribution in [0.5, 0.6) is 0 Å². The summed E-state index contributed by atoms with van der Waals surface area (Å²) in [5.41, 5.74) is 0. The molecule has 0 aliphatic heterocycles. The third-order valence-corrected chi connectivity index (χ3v) is 5.04. The molecule has 1 aliphatic rings. The van der Waals surface area contributed by atoms with E-state index < -0.39 is 12.3 Å². The van der Waals surface area contributed by atoms with Gasteiger partial charge in [0.05, 0.1) is 0 Å². The Bertz CT molecular complexity index is 172. The van der Waals surface area contributed by atoms with Crippen molar-refractivity contribution >= 4 is 5.97 Å². The fourth-order valence-electron chi connectivity index (χ4n) is 1.17. The zero-order valence-corrected chi connectivity index (χ0v) is 13.2. The van der Waals surface area contributed by atoms with Gasteiger partial charge in [-0.05, 0) is 0 Å². The van der Waals surface area contributed by atoms with Crippen molar-refractivity contribution in [1.29, 1.82) is 0 Å². The van der Waals surface area contributed by atoms with Crippen LogP contribution in [0.15, 0.2) is 0 Å². The molecule has 1 saturated carbocycles. The minimum absolute atomic E-state index is 0.814. The Labute approximate surface area is 93.5 Å². The first kappa shape index (κ1) is 8.98. The van der Waals surface area contributed by atoms with Crippen LogP contribution in [-0.2, 0) is 30.9 Å². The van der Waals surface area contributed by atoms with Crippen molar-refractivity contribution in [2.45, 2.75) is 42.9 Å². The van der Waals surface area contributed by atoms with Crippen LogP contribution in [0.1, 0.15) is 41.7 Å². The summed E-state index contributed by atoms with van der Waals surface area (Å²) in [6, 6.07) is 0. The molecule has 1 aliphatic carbocycles. The van der Waals surface area contributed by atoms with Gasteiger partial charge >= 0.3 is 70.8 Å². The topological polar surface area (TPSA) is 37.3 Å². The number of carboxylic acid groups (broad SMARTS) is 1. The maximum atomic E-state index is 9.00. The van der Waals surface area contributed by atoms with Crippen molar-refractivity contribution in [2.75, 3.05) is 0 Å². The molecule has 0 radical (unpaired) electrons. The zero-order chi connectivity index (χ0) is 11.2. The fourth-order valence-corrected chi connectivity index (χ4v) is 3.41. The number of rotatable bonds is 1. The van der Waals surface area contributed by atoms with Gasteiger partial charge < -0.3 is 5.11 Å². The Hall–Kier alpha value is 0.405. The molecular formula is C9H17HgO2. The Balaban J connectivity index is 0.000000364. The van der Waals surface area contributed by atoms with Crippen LogP contribution in [0, 0.1) is 5.92 Å². The van der Waals surface area contributed by atoms with Gasteiger partial charge in [0.1, 0.15) is 0 Å². The first-order valence-electron chi connectivity index (χ1n) is 5.36. The normalized spacial score (nSPS) is 24.6. The summed E-state index contributed by atoms with van der Waals surface area (Å²) in [5.74, 6) is 0.0622. The van der Waals surface area contributed by atoms with Gasteiger partial charge in [0.15, 0.2) is 0 Å². The Kier molecular flexibility index (Phi) is 6.00. The average molecular weight is 360 g/mol. The quantitative estimate of drug-likeness (QED) is 0.731. The third-order valence-electron chi connectivity index (χ3n) is 1.87. The molecule has 2 nitrogen and oxygen atoms in total. The monoisotopic (exact) mass is 361 g/mol. The van der Waals surface area contributed by atoms with Crippen molar-refractivity contribution in [1.82, 2.24) is 0 Å². The van der Waals surface area contributed by atoms with Gasteiger partial charge in [-0.25, -0.2) is 0 Å². The molecule has 12 heavy (non-hydrogen) atoms. The van der Waals surface area contributed by atoms with E-state index in [1.807, 2.05) is 0 Å². The summed E-state index contributed by atoms with van der Waals surface area (Å²) in [7, 11) is 0. The Morgan fingerprint density at radius 1 is 1.67 bits per heavy atom. The van der Waals surface area contributed by atoms with Crippen molar-refractivity contribution in [2.24, 2.45) is 5.92 Å². The molecule has 0 bridgehead atoms. The van der Waals surface area contributed by atoms with E-state index in [0.717, 1.165) is 64.6 Å². The number of carboxylic acids is 1. The van der Waals surface area contributed by atoms with E-state index in [2.05, 4.69) is 0 Å². The molecule has 0 atom stereocenters. The van der Waals surface area contributed by atoms with Crippen molar-refractivity contribution in [3.8, 4) is 0 Å². The molecule has 0 amide bonds. The van der Waals surface area contributed by atoms with Crippen molar-refractivity contribution < 1.29 is 38.8 Å². The number of hydrogen-bond acceptors (Lipinski definition) is 1. The third kappa shape index (κ3) is 8.50. The molecule has 67 valence electrons. The molecule has 1 N–H and O–H groups in total. The molecule has 1 rings (SSSR count). The molecule has 1 fully saturated rings. The minimum atomic E-state index is -0.833. The number of carbonyl (C=O) groups is 1. The second-order valence-corrected chi connectivity index (χ2v) is 5.25. The molecular weight excluding hydrogens is 341 g/mol. The summed E-state index contributed by atoms with van der Waals surface area (Å²) in [6.07, 6.45) is 3.11. The second kappa shape index (κ2) is 8.02. The molecule has 0 spiro atoms. The molecule has 0 aromatic heterocycles. The molecule has 0 aromatic carbocycles. The van der Waals surface area contributed by atoms with Crippen LogP contribution in [0.2, 0.25) is 3.93 Å². The SMILES string of the molecule is CC(=O)O.[2H]C1([2H])CCC([CH2][Hg])CC1. The summed E-state index contributed by atoms with van der Waals surface area (Å²) < 4.78 is 16.4. The predicted molar refractivity (Wildman–Crippen MR) is 44.7 cm³/mol. The van der Waals surface area contributed by atoms with E-state index in [0.29, 0.717) is 0 Å². The summed E-state index contributed by atoms with van der Waals surface area (Å²) >= 11 is 0.929. The van der Waals surface area contributed by atoms with Crippen LogP contribution in [-0.4, -0.2) is 11.1 Å². The van der Waals surface area contributed by atoms with E-state index in [4.69, 9.17) is 12.6 Å². The average Bonchev–Trinajstić information content (AvgIpc) is 2.03. The molecule has 3 heteroatoms. The van der Waals surface area contributed by atoms with E-state index in [1.54, 1.807) is 0 Å². The maximum absolute atomic E-state index is 9.00. The van der Waals surface area contributed by atoms with Crippen molar-refractivity contribution in [3.05, 3.63) is 0 Å².